The Kier molecular flexibility index (Phi) is 19.4. The minimum absolute atomic E-state index is 0.103. The van der Waals surface area contributed by atoms with E-state index >= 15 is 0 Å². The Morgan fingerprint density at radius 1 is 0.733 bits per heavy atom. The lowest BCUT2D eigenvalue weighted by Crippen LogP contribution is -2.36. The van der Waals surface area contributed by atoms with Crippen LogP contribution >= 0.6 is 0 Å². The fraction of sp³-hybridized carbons (Fsp3) is 0.559. The molecule has 11 nitrogen and oxygen atoms in total. The number of aryl methyl sites for hydroxylation is 2. The molecule has 1 saturated carbocycles. The van der Waals surface area contributed by atoms with Crippen LogP contribution in [0.2, 0.25) is 0 Å². The van der Waals surface area contributed by atoms with Gasteiger partial charge in [0.2, 0.25) is 11.8 Å². The van der Waals surface area contributed by atoms with Crippen LogP contribution in [0.25, 0.3) is 0 Å². The monoisotopic (exact) mass is 630 g/mol. The summed E-state index contributed by atoms with van der Waals surface area (Å²) in [6.07, 6.45) is 6.16. The van der Waals surface area contributed by atoms with Gasteiger partial charge in [-0.05, 0) is 55.2 Å². The number of carbonyl (C=O) groups is 3. The molecule has 0 bridgehead atoms. The van der Waals surface area contributed by atoms with E-state index in [1.54, 1.807) is 7.11 Å². The van der Waals surface area contributed by atoms with Crippen molar-refractivity contribution in [2.75, 3.05) is 73.1 Å². The van der Waals surface area contributed by atoms with Crippen LogP contribution in [0, 0.1) is 5.41 Å². The molecule has 0 aromatic heterocycles. The second-order valence-corrected chi connectivity index (χ2v) is 10.9. The Morgan fingerprint density at radius 3 is 1.71 bits per heavy atom. The van der Waals surface area contributed by atoms with E-state index in [1.165, 1.54) is 24.0 Å². The number of amides is 2. The van der Waals surface area contributed by atoms with E-state index in [9.17, 15) is 14.4 Å². The minimum Gasteiger partial charge on any atom is -0.481 e. The summed E-state index contributed by atoms with van der Waals surface area (Å²) < 4.78 is 25.8. The zero-order valence-electron chi connectivity index (χ0n) is 26.5. The number of methoxy groups -OCH3 is 1. The normalized spacial score (nSPS) is 13.0. The van der Waals surface area contributed by atoms with Gasteiger partial charge >= 0.3 is 5.97 Å². The van der Waals surface area contributed by atoms with Crippen molar-refractivity contribution in [2.24, 2.45) is 11.1 Å². The Bertz CT molecular complexity index is 1090. The van der Waals surface area contributed by atoms with Gasteiger partial charge in [-0.25, -0.2) is 0 Å². The zero-order chi connectivity index (χ0) is 32.6. The molecular weight excluding hydrogens is 580 g/mol. The van der Waals surface area contributed by atoms with Gasteiger partial charge in [0.1, 0.15) is 6.61 Å². The topological polar surface area (TPSA) is 156 Å². The largest absolute Gasteiger partial charge is 0.481 e. The molecule has 2 aromatic rings. The number of carboxylic acids is 1. The van der Waals surface area contributed by atoms with Crippen LogP contribution in [0.15, 0.2) is 54.6 Å². The van der Waals surface area contributed by atoms with E-state index in [-0.39, 0.29) is 31.6 Å². The maximum Gasteiger partial charge on any atom is 0.311 e. The van der Waals surface area contributed by atoms with Crippen molar-refractivity contribution in [1.29, 1.82) is 0 Å². The molecule has 4 N–H and O–H groups in total. The molecule has 11 heteroatoms. The van der Waals surface area contributed by atoms with Crippen molar-refractivity contribution in [3.8, 4) is 0 Å². The molecule has 1 aliphatic carbocycles. The predicted octanol–water partition coefficient (Wildman–Crippen LogP) is 2.96. The highest BCUT2D eigenvalue weighted by Crippen LogP contribution is 2.45. The van der Waals surface area contributed by atoms with Gasteiger partial charge in [-0.15, -0.1) is 0 Å². The molecular formula is C34H50N2O9. The number of hydrogen-bond acceptors (Lipinski definition) is 8. The first kappa shape index (κ1) is 37.8. The minimum atomic E-state index is -0.856. The molecule has 0 spiro atoms. The number of rotatable bonds is 24. The third-order valence-electron chi connectivity index (χ3n) is 7.14. The number of ether oxygens (including phenoxy) is 5. The van der Waals surface area contributed by atoms with Crippen LogP contribution in [0.3, 0.4) is 0 Å². The van der Waals surface area contributed by atoms with Gasteiger partial charge in [0.25, 0.3) is 0 Å². The van der Waals surface area contributed by atoms with Gasteiger partial charge in [-0.1, -0.05) is 54.6 Å². The second kappa shape index (κ2) is 23.1. The molecule has 2 amide bonds. The molecule has 0 radical (unpaired) electrons. The van der Waals surface area contributed by atoms with Crippen LogP contribution < -0.4 is 11.1 Å². The standard InChI is InChI=1S/C18H21NO.C16H29NO8/c19-18(20)14-17-12-10-16(11-13-17)9-5-4-8-15-6-2-1-3-7-15;1-21-4-5-22-6-7-23-8-9-24-10-11-25-12-14(18)17-13-16(2-3-16)15(19)20/h1-3,6-7,10-13H,4-5,8-9,14H2,(H2,19,20);2-13H2,1H3,(H,17,18)(H,19,20). The summed E-state index contributed by atoms with van der Waals surface area (Å²) in [6, 6.07) is 18.8. The number of carbonyl (C=O) groups excluding carboxylic acids is 2. The van der Waals surface area contributed by atoms with Crippen molar-refractivity contribution in [2.45, 2.75) is 44.9 Å². The third-order valence-corrected chi connectivity index (χ3v) is 7.14. The lowest BCUT2D eigenvalue weighted by atomic mass is 10.0. The van der Waals surface area contributed by atoms with Crippen molar-refractivity contribution in [3.05, 3.63) is 71.3 Å². The molecule has 2 aromatic carbocycles. The molecule has 250 valence electrons. The molecule has 0 atom stereocenters. The van der Waals surface area contributed by atoms with Crippen LogP contribution in [0.5, 0.6) is 0 Å². The quantitative estimate of drug-likeness (QED) is 0.149. The van der Waals surface area contributed by atoms with E-state index < -0.39 is 11.4 Å². The highest BCUT2D eigenvalue weighted by Gasteiger charge is 2.50. The van der Waals surface area contributed by atoms with E-state index in [1.807, 2.05) is 12.1 Å². The summed E-state index contributed by atoms with van der Waals surface area (Å²) in [5, 5.41) is 11.6. The Morgan fingerprint density at radius 2 is 1.22 bits per heavy atom. The van der Waals surface area contributed by atoms with Gasteiger partial charge in [0.05, 0.1) is 64.7 Å². The van der Waals surface area contributed by atoms with Crippen LogP contribution in [0.1, 0.15) is 42.4 Å². The number of carboxylic acid groups (broad SMARTS) is 1. The summed E-state index contributed by atoms with van der Waals surface area (Å²) in [5.41, 5.74) is 8.14. The third kappa shape index (κ3) is 18.3. The van der Waals surface area contributed by atoms with E-state index in [4.69, 9.17) is 34.5 Å². The van der Waals surface area contributed by atoms with Gasteiger partial charge < -0.3 is 39.8 Å². The fourth-order valence-corrected chi connectivity index (χ4v) is 4.23. The molecule has 0 unspecified atom stereocenters. The van der Waals surface area contributed by atoms with E-state index in [0.29, 0.717) is 65.5 Å². The van der Waals surface area contributed by atoms with Crippen molar-refractivity contribution >= 4 is 17.8 Å². The summed E-state index contributed by atoms with van der Waals surface area (Å²) in [5.74, 6) is -1.45. The SMILES string of the molecule is COCCOCCOCCOCCOCC(=O)NCC1(C(=O)O)CC1.NC(=O)Cc1ccc(CCCCc2ccccc2)cc1. The second-order valence-electron chi connectivity index (χ2n) is 10.9. The molecule has 45 heavy (non-hydrogen) atoms. The highest BCUT2D eigenvalue weighted by molar-refractivity contribution is 5.81. The van der Waals surface area contributed by atoms with Crippen molar-refractivity contribution < 1.29 is 43.2 Å². The summed E-state index contributed by atoms with van der Waals surface area (Å²) in [6.45, 7) is 3.76. The fourth-order valence-electron chi connectivity index (χ4n) is 4.23. The lowest BCUT2D eigenvalue weighted by Gasteiger charge is -2.11. The smallest absolute Gasteiger partial charge is 0.311 e. The predicted molar refractivity (Wildman–Crippen MR) is 170 cm³/mol. The van der Waals surface area contributed by atoms with Gasteiger partial charge in [0.15, 0.2) is 0 Å². The first-order chi connectivity index (χ1) is 21.8. The molecule has 0 saturated heterocycles. The molecule has 0 aliphatic heterocycles. The van der Waals surface area contributed by atoms with Crippen molar-refractivity contribution in [3.63, 3.8) is 0 Å². The maximum absolute atomic E-state index is 11.5. The summed E-state index contributed by atoms with van der Waals surface area (Å²) >= 11 is 0. The first-order valence-electron chi connectivity index (χ1n) is 15.5. The lowest BCUT2D eigenvalue weighted by molar-refractivity contribution is -0.143. The number of benzene rings is 2. The average molecular weight is 631 g/mol. The Hall–Kier alpha value is -3.35. The molecule has 1 fully saturated rings. The van der Waals surface area contributed by atoms with Gasteiger partial charge in [-0.2, -0.15) is 0 Å². The Balaban J connectivity index is 0.000000320. The summed E-state index contributed by atoms with van der Waals surface area (Å²) in [4.78, 5) is 33.3. The molecule has 1 aliphatic rings. The van der Waals surface area contributed by atoms with E-state index in [0.717, 1.165) is 18.4 Å². The molecule has 3 rings (SSSR count). The number of nitrogens with one attached hydrogen (secondary N) is 1. The average Bonchev–Trinajstić information content (AvgIpc) is 3.84. The zero-order valence-corrected chi connectivity index (χ0v) is 26.5. The number of primary amides is 1. The number of nitrogens with two attached hydrogens (primary N) is 1. The van der Waals surface area contributed by atoms with Crippen LogP contribution in [0.4, 0.5) is 0 Å². The maximum atomic E-state index is 11.5. The van der Waals surface area contributed by atoms with Gasteiger partial charge in [0, 0.05) is 13.7 Å². The van der Waals surface area contributed by atoms with E-state index in [2.05, 4.69) is 47.8 Å². The number of hydrogen-bond donors (Lipinski definition) is 3. The number of aliphatic carboxylic acids is 1. The number of unbranched alkanes of at least 4 members (excludes halogenated alkanes) is 1. The van der Waals surface area contributed by atoms with Crippen LogP contribution in [-0.4, -0.2) is 96.0 Å². The van der Waals surface area contributed by atoms with Crippen molar-refractivity contribution in [1.82, 2.24) is 5.32 Å². The summed E-state index contributed by atoms with van der Waals surface area (Å²) in [7, 11) is 1.62. The van der Waals surface area contributed by atoms with Crippen LogP contribution in [-0.2, 0) is 57.3 Å². The Labute approximate surface area is 266 Å². The first-order valence-corrected chi connectivity index (χ1v) is 15.5. The molecule has 0 heterocycles. The highest BCUT2D eigenvalue weighted by atomic mass is 16.6. The van der Waals surface area contributed by atoms with Gasteiger partial charge in [-0.3, -0.25) is 14.4 Å².